The van der Waals surface area contributed by atoms with Gasteiger partial charge >= 0.3 is 0 Å². The Morgan fingerprint density at radius 1 is 1.36 bits per heavy atom. The Morgan fingerprint density at radius 2 is 2.23 bits per heavy atom. The quantitative estimate of drug-likeness (QED) is 0.746. The zero-order chi connectivity index (χ0) is 15.1. The molecule has 1 aromatic carbocycles. The van der Waals surface area contributed by atoms with Crippen molar-refractivity contribution in [2.24, 2.45) is 4.99 Å². The highest BCUT2D eigenvalue weighted by molar-refractivity contribution is 7.12. The third-order valence-electron chi connectivity index (χ3n) is 3.53. The summed E-state index contributed by atoms with van der Waals surface area (Å²) in [7, 11) is 0. The van der Waals surface area contributed by atoms with Crippen LogP contribution in [0.4, 0.5) is 5.82 Å². The number of nitrogens with zero attached hydrogens (tertiary/aromatic N) is 3. The molecular weight excluding hydrogens is 320 g/mol. The van der Waals surface area contributed by atoms with Gasteiger partial charge in [0.15, 0.2) is 0 Å². The van der Waals surface area contributed by atoms with Crippen LogP contribution in [-0.4, -0.2) is 22.0 Å². The average molecular weight is 331 g/mol. The van der Waals surface area contributed by atoms with Crippen LogP contribution < -0.4 is 10.9 Å². The average Bonchev–Trinajstić information content (AvgIpc) is 3.16. The SMILES string of the molecule is O=C(N=c1nc2ccccc2c2n1CCN2)c1sccc1Cl. The third kappa shape index (κ3) is 2.12. The van der Waals surface area contributed by atoms with E-state index in [1.165, 1.54) is 11.3 Å². The highest BCUT2D eigenvalue weighted by atomic mass is 35.5. The molecule has 2 aromatic heterocycles. The summed E-state index contributed by atoms with van der Waals surface area (Å²) in [6.45, 7) is 1.53. The summed E-state index contributed by atoms with van der Waals surface area (Å²) in [5.41, 5.74) is 1.22. The first-order valence-electron chi connectivity index (χ1n) is 6.79. The van der Waals surface area contributed by atoms with Crippen molar-refractivity contribution in [3.63, 3.8) is 0 Å². The van der Waals surface area contributed by atoms with Gasteiger partial charge in [-0.25, -0.2) is 4.98 Å². The molecule has 0 aliphatic carbocycles. The number of para-hydroxylation sites is 1. The van der Waals surface area contributed by atoms with Gasteiger partial charge in [0.2, 0.25) is 5.62 Å². The lowest BCUT2D eigenvalue weighted by molar-refractivity contribution is 0.100. The van der Waals surface area contributed by atoms with Crippen LogP contribution >= 0.6 is 22.9 Å². The van der Waals surface area contributed by atoms with Gasteiger partial charge in [0.25, 0.3) is 5.91 Å². The zero-order valence-electron chi connectivity index (χ0n) is 11.4. The molecule has 22 heavy (non-hydrogen) atoms. The fourth-order valence-electron chi connectivity index (χ4n) is 2.55. The lowest BCUT2D eigenvalue weighted by Gasteiger charge is -2.07. The minimum absolute atomic E-state index is 0.357. The summed E-state index contributed by atoms with van der Waals surface area (Å²) < 4.78 is 1.93. The molecule has 0 saturated heterocycles. The van der Waals surface area contributed by atoms with Crippen molar-refractivity contribution >= 4 is 45.6 Å². The number of amides is 1. The van der Waals surface area contributed by atoms with E-state index in [9.17, 15) is 4.79 Å². The molecule has 1 aliphatic heterocycles. The molecule has 0 bridgehead atoms. The number of carbonyl (C=O) groups excluding carboxylic acids is 1. The van der Waals surface area contributed by atoms with E-state index in [0.29, 0.717) is 15.5 Å². The van der Waals surface area contributed by atoms with Crippen LogP contribution in [0, 0.1) is 0 Å². The summed E-state index contributed by atoms with van der Waals surface area (Å²) in [5, 5.41) is 6.57. The second-order valence-corrected chi connectivity index (χ2v) is 6.19. The van der Waals surface area contributed by atoms with E-state index in [1.54, 1.807) is 11.4 Å². The van der Waals surface area contributed by atoms with Gasteiger partial charge in [-0.2, -0.15) is 4.99 Å². The lowest BCUT2D eigenvalue weighted by atomic mass is 10.2. The van der Waals surface area contributed by atoms with Gasteiger partial charge in [0.05, 0.1) is 10.5 Å². The largest absolute Gasteiger partial charge is 0.369 e. The molecular formula is C15H11ClN4OS. The first-order valence-corrected chi connectivity index (χ1v) is 8.05. The van der Waals surface area contributed by atoms with Crippen molar-refractivity contribution < 1.29 is 4.79 Å². The van der Waals surface area contributed by atoms with Gasteiger partial charge in [-0.3, -0.25) is 9.36 Å². The summed E-state index contributed by atoms with van der Waals surface area (Å²) in [6, 6.07) is 9.51. The fourth-order valence-corrected chi connectivity index (χ4v) is 3.57. The van der Waals surface area contributed by atoms with Crippen molar-refractivity contribution in [3.8, 4) is 0 Å². The van der Waals surface area contributed by atoms with Gasteiger partial charge < -0.3 is 5.32 Å². The molecule has 5 nitrogen and oxygen atoms in total. The molecule has 0 radical (unpaired) electrons. The predicted molar refractivity (Wildman–Crippen MR) is 87.4 cm³/mol. The second kappa shape index (κ2) is 5.23. The molecule has 0 unspecified atom stereocenters. The fraction of sp³-hybridized carbons (Fsp3) is 0.133. The molecule has 110 valence electrons. The number of hydrogen-bond acceptors (Lipinski definition) is 4. The number of fused-ring (bicyclic) bond motifs is 3. The maximum Gasteiger partial charge on any atom is 0.291 e. The van der Waals surface area contributed by atoms with E-state index in [-0.39, 0.29) is 5.91 Å². The monoisotopic (exact) mass is 330 g/mol. The molecule has 3 heterocycles. The molecule has 0 spiro atoms. The van der Waals surface area contributed by atoms with Gasteiger partial charge in [0, 0.05) is 18.5 Å². The van der Waals surface area contributed by atoms with Crippen LogP contribution in [0.2, 0.25) is 5.02 Å². The minimum atomic E-state index is -0.357. The van der Waals surface area contributed by atoms with Crippen molar-refractivity contribution in [1.29, 1.82) is 0 Å². The van der Waals surface area contributed by atoms with E-state index in [1.807, 2.05) is 28.8 Å². The Bertz CT molecular complexity index is 960. The van der Waals surface area contributed by atoms with Crippen LogP contribution in [-0.2, 0) is 6.54 Å². The molecule has 1 N–H and O–H groups in total. The third-order valence-corrected chi connectivity index (χ3v) is 4.86. The first kappa shape index (κ1) is 13.5. The predicted octanol–water partition coefficient (Wildman–Crippen LogP) is 2.92. The minimum Gasteiger partial charge on any atom is -0.369 e. The van der Waals surface area contributed by atoms with Crippen molar-refractivity contribution in [2.75, 3.05) is 11.9 Å². The molecule has 1 aliphatic rings. The second-order valence-electron chi connectivity index (χ2n) is 4.87. The molecule has 3 aromatic rings. The molecule has 0 fully saturated rings. The van der Waals surface area contributed by atoms with E-state index in [0.717, 1.165) is 29.8 Å². The van der Waals surface area contributed by atoms with Crippen LogP contribution in [0.1, 0.15) is 9.67 Å². The van der Waals surface area contributed by atoms with Crippen LogP contribution in [0.3, 0.4) is 0 Å². The van der Waals surface area contributed by atoms with Crippen molar-refractivity contribution in [3.05, 3.63) is 51.2 Å². The molecule has 7 heteroatoms. The lowest BCUT2D eigenvalue weighted by Crippen LogP contribution is -2.24. The number of benzene rings is 1. The maximum atomic E-state index is 12.3. The maximum absolute atomic E-state index is 12.3. The number of halogens is 1. The first-order chi connectivity index (χ1) is 10.7. The Kier molecular flexibility index (Phi) is 3.20. The van der Waals surface area contributed by atoms with Gasteiger partial charge in [0.1, 0.15) is 10.7 Å². The number of anilines is 1. The number of aromatic nitrogens is 2. The highest BCUT2D eigenvalue weighted by Crippen LogP contribution is 2.24. The topological polar surface area (TPSA) is 59.3 Å². The van der Waals surface area contributed by atoms with Gasteiger partial charge in [-0.15, -0.1) is 11.3 Å². The molecule has 1 amide bonds. The van der Waals surface area contributed by atoms with E-state index in [2.05, 4.69) is 15.3 Å². The number of thiophene rings is 1. The number of hydrogen-bond donors (Lipinski definition) is 1. The molecule has 0 saturated carbocycles. The van der Waals surface area contributed by atoms with Gasteiger partial charge in [-0.05, 0) is 23.6 Å². The van der Waals surface area contributed by atoms with Gasteiger partial charge in [-0.1, -0.05) is 23.7 Å². The Hall–Kier alpha value is -2.18. The van der Waals surface area contributed by atoms with E-state index >= 15 is 0 Å². The van der Waals surface area contributed by atoms with Crippen LogP contribution in [0.5, 0.6) is 0 Å². The number of nitrogens with one attached hydrogen (secondary N) is 1. The Balaban J connectivity index is 1.94. The van der Waals surface area contributed by atoms with Crippen molar-refractivity contribution in [2.45, 2.75) is 6.54 Å². The van der Waals surface area contributed by atoms with E-state index in [4.69, 9.17) is 11.6 Å². The highest BCUT2D eigenvalue weighted by Gasteiger charge is 2.17. The summed E-state index contributed by atoms with van der Waals surface area (Å²) >= 11 is 7.29. The zero-order valence-corrected chi connectivity index (χ0v) is 13.0. The summed E-state index contributed by atoms with van der Waals surface area (Å²) in [4.78, 5) is 21.5. The molecule has 4 rings (SSSR count). The summed E-state index contributed by atoms with van der Waals surface area (Å²) in [6.07, 6.45) is 0. The number of carbonyl (C=O) groups is 1. The normalized spacial score (nSPS) is 14.1. The Labute approximate surface area is 134 Å². The summed E-state index contributed by atoms with van der Waals surface area (Å²) in [5.74, 6) is 0.596. The standard InChI is InChI=1S/C15H11ClN4OS/c16-10-5-8-22-12(10)14(21)19-15-18-11-4-2-1-3-9(11)13-17-6-7-20(13)15/h1-5,8,17H,6-7H2. The number of rotatable bonds is 1. The smallest absolute Gasteiger partial charge is 0.291 e. The Morgan fingerprint density at radius 3 is 3.05 bits per heavy atom. The van der Waals surface area contributed by atoms with E-state index < -0.39 is 0 Å². The van der Waals surface area contributed by atoms with Crippen LogP contribution in [0.25, 0.3) is 10.9 Å². The molecule has 0 atom stereocenters. The van der Waals surface area contributed by atoms with Crippen LogP contribution in [0.15, 0.2) is 40.7 Å². The van der Waals surface area contributed by atoms with Crippen molar-refractivity contribution in [1.82, 2.24) is 9.55 Å².